The van der Waals surface area contributed by atoms with Gasteiger partial charge in [-0.3, -0.25) is 4.79 Å². The summed E-state index contributed by atoms with van der Waals surface area (Å²) in [4.78, 5) is 12.2. The Bertz CT molecular complexity index is 703. The van der Waals surface area contributed by atoms with E-state index >= 15 is 0 Å². The van der Waals surface area contributed by atoms with E-state index in [9.17, 15) is 4.79 Å². The molecule has 2 aromatic carbocycles. The van der Waals surface area contributed by atoms with Gasteiger partial charge in [-0.15, -0.1) is 0 Å². The topological polar surface area (TPSA) is 59.6 Å². The molecule has 0 saturated heterocycles. The molecule has 0 radical (unpaired) electrons. The number of amides is 1. The summed E-state index contributed by atoms with van der Waals surface area (Å²) in [7, 11) is 0. The molecule has 2 rings (SSSR count). The Morgan fingerprint density at radius 3 is 2.63 bits per heavy atom. The minimum Gasteiger partial charge on any atom is -0.494 e. The third-order valence-corrected chi connectivity index (χ3v) is 4.01. The van der Waals surface area contributed by atoms with Gasteiger partial charge in [0.2, 0.25) is 5.91 Å². The highest BCUT2D eigenvalue weighted by Gasteiger charge is 2.06. The first-order chi connectivity index (χ1) is 13.2. The molecule has 1 amide bonds. The van der Waals surface area contributed by atoms with Crippen LogP contribution in [0, 0.1) is 0 Å². The highest BCUT2D eigenvalue weighted by atomic mass is 16.5. The maximum absolute atomic E-state index is 12.2. The molecule has 2 aromatic rings. The molecule has 2 N–H and O–H groups in total. The first kappa shape index (κ1) is 20.6. The fourth-order valence-corrected chi connectivity index (χ4v) is 2.66. The summed E-state index contributed by atoms with van der Waals surface area (Å²) < 4.78 is 11.3. The van der Waals surface area contributed by atoms with Gasteiger partial charge in [0.25, 0.3) is 0 Å². The van der Waals surface area contributed by atoms with Crippen LogP contribution in [0.15, 0.2) is 48.5 Å². The van der Waals surface area contributed by atoms with Crippen LogP contribution in [0.2, 0.25) is 0 Å². The van der Waals surface area contributed by atoms with E-state index in [0.717, 1.165) is 29.3 Å². The van der Waals surface area contributed by atoms with Crippen LogP contribution >= 0.6 is 0 Å². The number of hydrogen-bond acceptors (Lipinski definition) is 4. The monoisotopic (exact) mass is 370 g/mol. The number of benzene rings is 2. The third kappa shape index (κ3) is 7.60. The van der Waals surface area contributed by atoms with Gasteiger partial charge in [0.15, 0.2) is 0 Å². The molecular weight excluding hydrogens is 340 g/mol. The number of para-hydroxylation sites is 2. The number of anilines is 2. The molecule has 146 valence electrons. The summed E-state index contributed by atoms with van der Waals surface area (Å²) >= 11 is 0. The molecule has 0 aliphatic carbocycles. The molecule has 0 aromatic heterocycles. The minimum atomic E-state index is -0.124. The van der Waals surface area contributed by atoms with Crippen LogP contribution < -0.4 is 20.1 Å². The summed E-state index contributed by atoms with van der Waals surface area (Å²) in [6.07, 6.45) is 4.68. The van der Waals surface area contributed by atoms with Crippen molar-refractivity contribution < 1.29 is 14.3 Å². The van der Waals surface area contributed by atoms with Gasteiger partial charge in [-0.1, -0.05) is 44.4 Å². The Labute approximate surface area is 162 Å². The highest BCUT2D eigenvalue weighted by molar-refractivity contribution is 5.94. The van der Waals surface area contributed by atoms with E-state index < -0.39 is 0 Å². The van der Waals surface area contributed by atoms with Crippen molar-refractivity contribution in [3.8, 4) is 11.5 Å². The number of hydrogen-bond donors (Lipinski definition) is 2. The van der Waals surface area contributed by atoms with Crippen LogP contribution in [-0.4, -0.2) is 25.7 Å². The quantitative estimate of drug-likeness (QED) is 0.511. The van der Waals surface area contributed by atoms with Crippen molar-refractivity contribution in [3.05, 3.63) is 48.5 Å². The van der Waals surface area contributed by atoms with Crippen molar-refractivity contribution in [2.24, 2.45) is 0 Å². The fraction of sp³-hybridized carbons (Fsp3) is 0.409. The average molecular weight is 370 g/mol. The zero-order chi connectivity index (χ0) is 19.3. The van der Waals surface area contributed by atoms with Crippen LogP contribution in [0.1, 0.15) is 39.5 Å². The van der Waals surface area contributed by atoms with Crippen LogP contribution in [0.5, 0.6) is 11.5 Å². The summed E-state index contributed by atoms with van der Waals surface area (Å²) in [5.41, 5.74) is 1.53. The molecule has 0 heterocycles. The lowest BCUT2D eigenvalue weighted by Crippen LogP contribution is -2.22. The van der Waals surface area contributed by atoms with Crippen LogP contribution in [0.3, 0.4) is 0 Å². The predicted molar refractivity (Wildman–Crippen MR) is 111 cm³/mol. The van der Waals surface area contributed by atoms with Crippen molar-refractivity contribution in [2.45, 2.75) is 39.5 Å². The number of unbranched alkanes of at least 4 members (excludes halogenated alkanes) is 3. The number of ether oxygens (including phenoxy) is 2. The van der Waals surface area contributed by atoms with Crippen molar-refractivity contribution in [1.82, 2.24) is 0 Å². The average Bonchev–Trinajstić information content (AvgIpc) is 2.68. The second-order valence-corrected chi connectivity index (χ2v) is 6.27. The van der Waals surface area contributed by atoms with Gasteiger partial charge in [0.1, 0.15) is 11.5 Å². The zero-order valence-corrected chi connectivity index (χ0v) is 16.3. The Hall–Kier alpha value is -2.69. The third-order valence-electron chi connectivity index (χ3n) is 4.01. The smallest absolute Gasteiger partial charge is 0.243 e. The van der Waals surface area contributed by atoms with Crippen LogP contribution in [0.4, 0.5) is 11.4 Å². The Balaban J connectivity index is 1.81. The molecular formula is C22H30N2O3. The van der Waals surface area contributed by atoms with Gasteiger partial charge in [-0.2, -0.15) is 0 Å². The first-order valence-electron chi connectivity index (χ1n) is 9.71. The normalized spacial score (nSPS) is 10.3. The number of nitrogens with one attached hydrogen (secondary N) is 2. The molecule has 0 aliphatic rings. The highest BCUT2D eigenvalue weighted by Crippen LogP contribution is 2.23. The molecule has 0 spiro atoms. The number of carbonyl (C=O) groups is 1. The molecule has 0 aliphatic heterocycles. The van der Waals surface area contributed by atoms with Crippen molar-refractivity contribution in [1.29, 1.82) is 0 Å². The lowest BCUT2D eigenvalue weighted by Gasteiger charge is -2.13. The van der Waals surface area contributed by atoms with Gasteiger partial charge in [-0.05, 0) is 37.6 Å². The zero-order valence-electron chi connectivity index (χ0n) is 16.3. The fourth-order valence-electron chi connectivity index (χ4n) is 2.66. The Kier molecular flexibility index (Phi) is 9.04. The summed E-state index contributed by atoms with van der Waals surface area (Å²) in [5, 5.41) is 6.01. The lowest BCUT2D eigenvalue weighted by atomic mass is 10.2. The molecule has 0 bridgehead atoms. The second kappa shape index (κ2) is 11.8. The van der Waals surface area contributed by atoms with Crippen LogP contribution in [0.25, 0.3) is 0 Å². The van der Waals surface area contributed by atoms with Crippen LogP contribution in [-0.2, 0) is 4.79 Å². The minimum absolute atomic E-state index is 0.124. The molecule has 5 nitrogen and oxygen atoms in total. The maximum atomic E-state index is 12.2. The van der Waals surface area contributed by atoms with Gasteiger partial charge in [0, 0.05) is 11.8 Å². The van der Waals surface area contributed by atoms with E-state index in [1.165, 1.54) is 19.3 Å². The summed E-state index contributed by atoms with van der Waals surface area (Å²) in [6.45, 7) is 5.56. The molecule has 5 heteroatoms. The van der Waals surface area contributed by atoms with Crippen molar-refractivity contribution in [2.75, 3.05) is 30.4 Å². The summed E-state index contributed by atoms with van der Waals surface area (Å²) in [6, 6.07) is 15.1. The molecule has 27 heavy (non-hydrogen) atoms. The Morgan fingerprint density at radius 2 is 1.81 bits per heavy atom. The standard InChI is InChI=1S/C22H30N2O3/c1-3-5-6-9-15-27-19-12-10-11-18(16-19)24-22(25)17-23-20-13-7-8-14-21(20)26-4-2/h7-8,10-14,16,23H,3-6,9,15,17H2,1-2H3,(H,24,25). The number of carbonyl (C=O) groups excluding carboxylic acids is 1. The van der Waals surface area contributed by atoms with Gasteiger partial charge in [0.05, 0.1) is 25.4 Å². The first-order valence-corrected chi connectivity index (χ1v) is 9.71. The predicted octanol–water partition coefficient (Wildman–Crippen LogP) is 5.10. The van der Waals surface area contributed by atoms with E-state index in [4.69, 9.17) is 9.47 Å². The molecule has 0 fully saturated rings. The Morgan fingerprint density at radius 1 is 0.963 bits per heavy atom. The van der Waals surface area contributed by atoms with Gasteiger partial charge < -0.3 is 20.1 Å². The van der Waals surface area contributed by atoms with E-state index in [2.05, 4.69) is 17.6 Å². The lowest BCUT2D eigenvalue weighted by molar-refractivity contribution is -0.114. The molecule has 0 atom stereocenters. The van der Waals surface area contributed by atoms with E-state index in [1.807, 2.05) is 55.5 Å². The summed E-state index contributed by atoms with van der Waals surface area (Å²) in [5.74, 6) is 1.40. The van der Waals surface area contributed by atoms with Crippen molar-refractivity contribution >= 4 is 17.3 Å². The molecule has 0 unspecified atom stereocenters. The molecule has 0 saturated carbocycles. The van der Waals surface area contributed by atoms with Gasteiger partial charge in [-0.25, -0.2) is 0 Å². The van der Waals surface area contributed by atoms with Gasteiger partial charge >= 0.3 is 0 Å². The van der Waals surface area contributed by atoms with E-state index in [-0.39, 0.29) is 12.5 Å². The largest absolute Gasteiger partial charge is 0.494 e. The van der Waals surface area contributed by atoms with Crippen molar-refractivity contribution in [3.63, 3.8) is 0 Å². The second-order valence-electron chi connectivity index (χ2n) is 6.27. The van der Waals surface area contributed by atoms with E-state index in [0.29, 0.717) is 13.2 Å². The van der Waals surface area contributed by atoms with E-state index in [1.54, 1.807) is 0 Å². The number of rotatable bonds is 12. The maximum Gasteiger partial charge on any atom is 0.243 e. The SMILES string of the molecule is CCCCCCOc1cccc(NC(=O)CNc2ccccc2OCC)c1.